The van der Waals surface area contributed by atoms with Gasteiger partial charge in [0.2, 0.25) is 5.91 Å². The van der Waals surface area contributed by atoms with E-state index in [1.807, 2.05) is 0 Å². The maximum atomic E-state index is 11.1. The van der Waals surface area contributed by atoms with Gasteiger partial charge in [-0.15, -0.1) is 0 Å². The fourth-order valence-corrected chi connectivity index (χ4v) is 5.07. The molecule has 2 heteroatoms. The van der Waals surface area contributed by atoms with Crippen molar-refractivity contribution in [2.45, 2.75) is 84.0 Å². The van der Waals surface area contributed by atoms with Crippen molar-refractivity contribution in [3.05, 3.63) is 24.8 Å². The zero-order valence-corrected chi connectivity index (χ0v) is 16.3. The number of rotatable bonds is 9. The number of carbonyl (C=O) groups is 1. The highest BCUT2D eigenvalue weighted by Crippen LogP contribution is 2.42. The summed E-state index contributed by atoms with van der Waals surface area (Å²) in [5.41, 5.74) is 0. The Hall–Kier alpha value is -1.05. The monoisotopic (exact) mass is 345 g/mol. The van der Waals surface area contributed by atoms with Gasteiger partial charge in [0, 0.05) is 6.54 Å². The third-order valence-electron chi connectivity index (χ3n) is 6.70. The molecule has 0 heterocycles. The molecule has 0 aromatic rings. The Kier molecular flexibility index (Phi) is 9.36. The standard InChI is InChI=1S/C23H39NO/c1-3-5-6-8-19-10-14-21(15-11-19)22-16-12-20(13-17-22)9-7-18-24-23(25)4-2/h3-5,19-22H,2,6-18H2,1H3,(H,24,25)/b5-3+. The van der Waals surface area contributed by atoms with Gasteiger partial charge in [-0.1, -0.05) is 44.4 Å². The molecule has 142 valence electrons. The van der Waals surface area contributed by atoms with Crippen LogP contribution in [-0.4, -0.2) is 12.5 Å². The number of amides is 1. The molecular formula is C23H39NO. The van der Waals surface area contributed by atoms with Crippen molar-refractivity contribution in [1.82, 2.24) is 5.32 Å². The quantitative estimate of drug-likeness (QED) is 0.308. The molecule has 1 N–H and O–H groups in total. The van der Waals surface area contributed by atoms with Crippen LogP contribution in [0.3, 0.4) is 0 Å². The van der Waals surface area contributed by atoms with Crippen molar-refractivity contribution in [2.75, 3.05) is 6.54 Å². The normalized spacial score (nSPS) is 30.3. The average Bonchev–Trinajstić information content (AvgIpc) is 2.66. The minimum atomic E-state index is -0.0370. The van der Waals surface area contributed by atoms with E-state index in [2.05, 4.69) is 31.0 Å². The molecule has 0 atom stereocenters. The van der Waals surface area contributed by atoms with E-state index in [4.69, 9.17) is 0 Å². The van der Waals surface area contributed by atoms with Gasteiger partial charge in [-0.05, 0) is 88.0 Å². The second-order valence-electron chi connectivity index (χ2n) is 8.35. The van der Waals surface area contributed by atoms with Crippen molar-refractivity contribution < 1.29 is 4.79 Å². The van der Waals surface area contributed by atoms with Crippen LogP contribution >= 0.6 is 0 Å². The first-order valence-corrected chi connectivity index (χ1v) is 10.7. The van der Waals surface area contributed by atoms with Gasteiger partial charge < -0.3 is 5.32 Å². The molecule has 0 unspecified atom stereocenters. The maximum absolute atomic E-state index is 11.1. The molecule has 2 rings (SSSR count). The Morgan fingerprint density at radius 3 is 2.04 bits per heavy atom. The van der Waals surface area contributed by atoms with Gasteiger partial charge >= 0.3 is 0 Å². The minimum absolute atomic E-state index is 0.0370. The van der Waals surface area contributed by atoms with Crippen molar-refractivity contribution >= 4 is 5.91 Å². The third kappa shape index (κ3) is 7.38. The Bertz CT molecular complexity index is 412. The fraction of sp³-hybridized carbons (Fsp3) is 0.783. The smallest absolute Gasteiger partial charge is 0.243 e. The van der Waals surface area contributed by atoms with Gasteiger partial charge in [0.15, 0.2) is 0 Å². The fourth-order valence-electron chi connectivity index (χ4n) is 5.07. The summed E-state index contributed by atoms with van der Waals surface area (Å²) in [4.78, 5) is 11.1. The van der Waals surface area contributed by atoms with Crippen LogP contribution in [0, 0.1) is 23.7 Å². The van der Waals surface area contributed by atoms with Gasteiger partial charge in [-0.2, -0.15) is 0 Å². The predicted molar refractivity (Wildman–Crippen MR) is 107 cm³/mol. The Morgan fingerprint density at radius 1 is 0.960 bits per heavy atom. The molecule has 0 radical (unpaired) electrons. The summed E-state index contributed by atoms with van der Waals surface area (Å²) < 4.78 is 0. The lowest BCUT2D eigenvalue weighted by molar-refractivity contribution is -0.116. The van der Waals surface area contributed by atoms with Crippen LogP contribution in [0.5, 0.6) is 0 Å². The lowest BCUT2D eigenvalue weighted by Crippen LogP contribution is -2.26. The second-order valence-corrected chi connectivity index (χ2v) is 8.35. The van der Waals surface area contributed by atoms with E-state index < -0.39 is 0 Å². The summed E-state index contributed by atoms with van der Waals surface area (Å²) >= 11 is 0. The minimum Gasteiger partial charge on any atom is -0.353 e. The van der Waals surface area contributed by atoms with Crippen LogP contribution in [0.4, 0.5) is 0 Å². The van der Waals surface area contributed by atoms with E-state index >= 15 is 0 Å². The van der Waals surface area contributed by atoms with Gasteiger partial charge in [0.05, 0.1) is 0 Å². The van der Waals surface area contributed by atoms with Gasteiger partial charge in [0.1, 0.15) is 0 Å². The van der Waals surface area contributed by atoms with Crippen molar-refractivity contribution in [1.29, 1.82) is 0 Å². The first-order chi connectivity index (χ1) is 12.2. The Morgan fingerprint density at radius 2 is 1.52 bits per heavy atom. The molecule has 0 aromatic carbocycles. The molecule has 2 fully saturated rings. The second kappa shape index (κ2) is 11.5. The third-order valence-corrected chi connectivity index (χ3v) is 6.70. The largest absolute Gasteiger partial charge is 0.353 e. The zero-order chi connectivity index (χ0) is 17.9. The van der Waals surface area contributed by atoms with E-state index in [9.17, 15) is 4.79 Å². The summed E-state index contributed by atoms with van der Waals surface area (Å²) in [5.74, 6) is 3.88. The van der Waals surface area contributed by atoms with E-state index in [-0.39, 0.29) is 5.91 Å². The lowest BCUT2D eigenvalue weighted by atomic mass is 9.68. The van der Waals surface area contributed by atoms with E-state index in [1.165, 1.54) is 76.7 Å². The topological polar surface area (TPSA) is 29.1 Å². The van der Waals surface area contributed by atoms with E-state index in [0.717, 1.165) is 36.6 Å². The maximum Gasteiger partial charge on any atom is 0.243 e. The van der Waals surface area contributed by atoms with Crippen LogP contribution in [-0.2, 0) is 4.79 Å². The highest BCUT2D eigenvalue weighted by atomic mass is 16.1. The number of hydrogen-bond acceptors (Lipinski definition) is 1. The highest BCUT2D eigenvalue weighted by Gasteiger charge is 2.30. The van der Waals surface area contributed by atoms with E-state index in [0.29, 0.717) is 0 Å². The summed E-state index contributed by atoms with van der Waals surface area (Å²) in [5, 5.41) is 2.89. The SMILES string of the molecule is C=CC(=O)NCCCC1CCC(C2CCC(CC/C=C/C)CC2)CC1. The van der Waals surface area contributed by atoms with Crippen LogP contribution in [0.1, 0.15) is 84.0 Å². The Balaban J connectivity index is 1.56. The molecule has 1 amide bonds. The Labute approximate surface area is 155 Å². The molecule has 2 nitrogen and oxygen atoms in total. The molecule has 2 aliphatic rings. The summed E-state index contributed by atoms with van der Waals surface area (Å²) in [6.45, 7) is 6.43. The average molecular weight is 346 g/mol. The van der Waals surface area contributed by atoms with Crippen molar-refractivity contribution in [3.8, 4) is 0 Å². The first kappa shape index (κ1) is 20.3. The van der Waals surface area contributed by atoms with Gasteiger partial charge in [-0.3, -0.25) is 4.79 Å². The summed E-state index contributed by atoms with van der Waals surface area (Å²) in [6.07, 6.45) is 22.7. The molecule has 25 heavy (non-hydrogen) atoms. The van der Waals surface area contributed by atoms with Crippen LogP contribution < -0.4 is 5.32 Å². The van der Waals surface area contributed by atoms with Crippen LogP contribution in [0.15, 0.2) is 24.8 Å². The van der Waals surface area contributed by atoms with Gasteiger partial charge in [-0.25, -0.2) is 0 Å². The summed E-state index contributed by atoms with van der Waals surface area (Å²) in [6, 6.07) is 0. The van der Waals surface area contributed by atoms with Crippen molar-refractivity contribution in [2.24, 2.45) is 23.7 Å². The first-order valence-electron chi connectivity index (χ1n) is 10.7. The molecular weight excluding hydrogens is 306 g/mol. The molecule has 0 aromatic heterocycles. The predicted octanol–water partition coefficient (Wildman–Crippen LogP) is 6.04. The molecule has 2 aliphatic carbocycles. The van der Waals surface area contributed by atoms with Crippen molar-refractivity contribution in [3.63, 3.8) is 0 Å². The van der Waals surface area contributed by atoms with Crippen LogP contribution in [0.2, 0.25) is 0 Å². The van der Waals surface area contributed by atoms with Gasteiger partial charge in [0.25, 0.3) is 0 Å². The number of hydrogen-bond donors (Lipinski definition) is 1. The molecule has 0 saturated heterocycles. The number of carbonyl (C=O) groups excluding carboxylic acids is 1. The lowest BCUT2D eigenvalue weighted by Gasteiger charge is -2.38. The molecule has 0 spiro atoms. The van der Waals surface area contributed by atoms with Crippen LogP contribution in [0.25, 0.3) is 0 Å². The molecule has 2 saturated carbocycles. The number of nitrogens with one attached hydrogen (secondary N) is 1. The molecule has 0 aliphatic heterocycles. The highest BCUT2D eigenvalue weighted by molar-refractivity contribution is 5.86. The molecule has 0 bridgehead atoms. The van der Waals surface area contributed by atoms with E-state index in [1.54, 1.807) is 0 Å². The zero-order valence-electron chi connectivity index (χ0n) is 16.3. The summed E-state index contributed by atoms with van der Waals surface area (Å²) in [7, 11) is 0. The number of allylic oxidation sites excluding steroid dienone is 2.